The van der Waals surface area contributed by atoms with Crippen LogP contribution in [0.3, 0.4) is 0 Å². The smallest absolute Gasteiger partial charge is 0.467 e. The quantitative estimate of drug-likeness (QED) is 0.530. The van der Waals surface area contributed by atoms with E-state index in [0.717, 1.165) is 7.11 Å². The molecule has 0 fully saturated rings. The fourth-order valence-corrected chi connectivity index (χ4v) is 2.50. The van der Waals surface area contributed by atoms with Gasteiger partial charge in [-0.2, -0.15) is 13.2 Å². The number of fused-ring (bicyclic) bond motifs is 1. The Morgan fingerprint density at radius 2 is 1.86 bits per heavy atom. The number of H-pyrrole nitrogens is 1. The summed E-state index contributed by atoms with van der Waals surface area (Å²) in [6.07, 6.45) is -5.96. The topological polar surface area (TPSA) is 115 Å². The first kappa shape index (κ1) is 21.9. The molecule has 0 spiro atoms. The normalized spacial score (nSPS) is 12.3. The summed E-state index contributed by atoms with van der Waals surface area (Å²) < 4.78 is 46.6. The second kappa shape index (κ2) is 8.76. The van der Waals surface area contributed by atoms with E-state index in [2.05, 4.69) is 9.72 Å². The number of alkyl halides is 3. The number of ether oxygens (including phenoxy) is 2. The minimum atomic E-state index is -5.22. The lowest BCUT2D eigenvalue weighted by Crippen LogP contribution is -2.48. The van der Waals surface area contributed by atoms with Gasteiger partial charge in [0.15, 0.2) is 5.78 Å². The number of rotatable bonds is 7. The summed E-state index contributed by atoms with van der Waals surface area (Å²) in [7, 11) is 0.919. The van der Waals surface area contributed by atoms with E-state index in [0.29, 0.717) is 10.9 Å². The van der Waals surface area contributed by atoms with Crippen LogP contribution < -0.4 is 5.32 Å². The summed E-state index contributed by atoms with van der Waals surface area (Å²) in [4.78, 5) is 49.8. The van der Waals surface area contributed by atoms with Crippen molar-refractivity contribution in [1.29, 1.82) is 0 Å². The van der Waals surface area contributed by atoms with Crippen molar-refractivity contribution in [1.82, 2.24) is 10.3 Å². The SMILES string of the molecule is CCOC(=O)c1cc2cc(C(=O)C[C@H](NC(=O)C(F)(F)F)C(=O)OC)ccc2[nH]1. The minimum Gasteiger partial charge on any atom is -0.467 e. The Kier molecular flexibility index (Phi) is 6.62. The second-order valence-corrected chi connectivity index (χ2v) is 5.88. The number of methoxy groups -OCH3 is 1. The predicted molar refractivity (Wildman–Crippen MR) is 93.2 cm³/mol. The van der Waals surface area contributed by atoms with E-state index in [1.165, 1.54) is 29.6 Å². The van der Waals surface area contributed by atoms with Crippen LogP contribution in [0.1, 0.15) is 34.2 Å². The van der Waals surface area contributed by atoms with Crippen molar-refractivity contribution < 1.29 is 41.8 Å². The van der Waals surface area contributed by atoms with Crippen LogP contribution in [-0.2, 0) is 19.1 Å². The van der Waals surface area contributed by atoms with Gasteiger partial charge in [-0.1, -0.05) is 0 Å². The molecule has 11 heteroatoms. The van der Waals surface area contributed by atoms with Gasteiger partial charge in [-0.3, -0.25) is 9.59 Å². The number of hydrogen-bond acceptors (Lipinski definition) is 6. The van der Waals surface area contributed by atoms with Gasteiger partial charge in [0.2, 0.25) is 0 Å². The largest absolute Gasteiger partial charge is 0.471 e. The Morgan fingerprint density at radius 3 is 2.45 bits per heavy atom. The highest BCUT2D eigenvalue weighted by atomic mass is 19.4. The van der Waals surface area contributed by atoms with Crippen LogP contribution in [0.15, 0.2) is 24.3 Å². The van der Waals surface area contributed by atoms with Gasteiger partial charge in [-0.25, -0.2) is 9.59 Å². The maximum Gasteiger partial charge on any atom is 0.471 e. The lowest BCUT2D eigenvalue weighted by molar-refractivity contribution is -0.175. The number of halogens is 3. The zero-order valence-corrected chi connectivity index (χ0v) is 15.4. The Balaban J connectivity index is 2.22. The van der Waals surface area contributed by atoms with Crippen molar-refractivity contribution >= 4 is 34.5 Å². The number of hydrogen-bond donors (Lipinski definition) is 2. The first-order valence-electron chi connectivity index (χ1n) is 8.35. The molecule has 0 aliphatic carbocycles. The Bertz CT molecular complexity index is 951. The summed E-state index contributed by atoms with van der Waals surface area (Å²) >= 11 is 0. The summed E-state index contributed by atoms with van der Waals surface area (Å²) in [6, 6.07) is 3.91. The summed E-state index contributed by atoms with van der Waals surface area (Å²) in [5.41, 5.74) is 0.762. The highest BCUT2D eigenvalue weighted by Crippen LogP contribution is 2.20. The van der Waals surface area contributed by atoms with E-state index < -0.39 is 42.3 Å². The Morgan fingerprint density at radius 1 is 1.17 bits per heavy atom. The molecule has 1 amide bonds. The predicted octanol–water partition coefficient (Wildman–Crippen LogP) is 2.14. The molecule has 0 aliphatic rings. The van der Waals surface area contributed by atoms with Gasteiger partial charge in [-0.15, -0.1) is 0 Å². The molecule has 2 aromatic rings. The standard InChI is InChI=1S/C18H17F3N2O6/c1-3-29-16(26)12-7-10-6-9(4-5-11(10)22-12)14(24)8-13(15(25)28-2)23-17(27)18(19,20)21/h4-7,13,22H,3,8H2,1-2H3,(H,23,27)/t13-/m0/s1. The number of aromatic nitrogens is 1. The van der Waals surface area contributed by atoms with E-state index >= 15 is 0 Å². The second-order valence-electron chi connectivity index (χ2n) is 5.88. The molecular weight excluding hydrogens is 397 g/mol. The fourth-order valence-electron chi connectivity index (χ4n) is 2.50. The number of carbonyl (C=O) groups is 4. The molecular formula is C18H17F3N2O6. The zero-order valence-electron chi connectivity index (χ0n) is 15.4. The van der Waals surface area contributed by atoms with Gasteiger partial charge in [0, 0.05) is 22.9 Å². The fraction of sp³-hybridized carbons (Fsp3) is 0.333. The minimum absolute atomic E-state index is 0.0714. The van der Waals surface area contributed by atoms with Crippen molar-refractivity contribution in [3.8, 4) is 0 Å². The van der Waals surface area contributed by atoms with Crippen LogP contribution in [0.5, 0.6) is 0 Å². The number of esters is 2. The van der Waals surface area contributed by atoms with Crippen LogP contribution in [-0.4, -0.2) is 54.5 Å². The van der Waals surface area contributed by atoms with Crippen molar-refractivity contribution in [3.63, 3.8) is 0 Å². The molecule has 2 rings (SSSR count). The molecule has 0 radical (unpaired) electrons. The molecule has 1 heterocycles. The lowest BCUT2D eigenvalue weighted by Gasteiger charge is -2.17. The van der Waals surface area contributed by atoms with E-state index in [4.69, 9.17) is 4.74 Å². The van der Waals surface area contributed by atoms with Gasteiger partial charge in [0.25, 0.3) is 0 Å². The molecule has 0 saturated heterocycles. The number of aromatic amines is 1. The summed E-state index contributed by atoms with van der Waals surface area (Å²) in [5.74, 6) is -4.84. The molecule has 8 nitrogen and oxygen atoms in total. The van der Waals surface area contributed by atoms with Crippen LogP contribution in [0.25, 0.3) is 10.9 Å². The van der Waals surface area contributed by atoms with Crippen molar-refractivity contribution in [3.05, 3.63) is 35.5 Å². The number of ketones is 1. The zero-order chi connectivity index (χ0) is 21.8. The number of Topliss-reactive ketones (excluding diaryl/α,β-unsaturated/α-hetero) is 1. The van der Waals surface area contributed by atoms with Gasteiger partial charge in [0.1, 0.15) is 11.7 Å². The third-order valence-electron chi connectivity index (χ3n) is 3.88. The Hall–Kier alpha value is -3.37. The molecule has 1 atom stereocenters. The van der Waals surface area contributed by atoms with E-state index in [-0.39, 0.29) is 17.9 Å². The third kappa shape index (κ3) is 5.33. The molecule has 0 bridgehead atoms. The average Bonchev–Trinajstić information content (AvgIpc) is 3.09. The van der Waals surface area contributed by atoms with Crippen LogP contribution in [0, 0.1) is 0 Å². The van der Waals surface area contributed by atoms with Crippen molar-refractivity contribution in [2.45, 2.75) is 25.6 Å². The molecule has 0 saturated carbocycles. The summed E-state index contributed by atoms with van der Waals surface area (Å²) in [5, 5.41) is 1.93. The maximum absolute atomic E-state index is 12.5. The molecule has 156 valence electrons. The van der Waals surface area contributed by atoms with Gasteiger partial charge >= 0.3 is 24.0 Å². The van der Waals surface area contributed by atoms with Crippen molar-refractivity contribution in [2.75, 3.05) is 13.7 Å². The number of carbonyl (C=O) groups excluding carboxylic acids is 4. The first-order valence-corrected chi connectivity index (χ1v) is 8.35. The van der Waals surface area contributed by atoms with Gasteiger partial charge < -0.3 is 19.8 Å². The molecule has 1 aromatic carbocycles. The molecule has 2 N–H and O–H groups in total. The van der Waals surface area contributed by atoms with E-state index in [9.17, 15) is 32.3 Å². The monoisotopic (exact) mass is 414 g/mol. The molecule has 1 aromatic heterocycles. The first-order chi connectivity index (χ1) is 13.6. The van der Waals surface area contributed by atoms with Gasteiger partial charge in [-0.05, 0) is 31.2 Å². The van der Waals surface area contributed by atoms with E-state index in [1.54, 1.807) is 6.92 Å². The highest BCUT2D eigenvalue weighted by Gasteiger charge is 2.41. The number of benzene rings is 1. The number of nitrogens with one attached hydrogen (secondary N) is 2. The highest BCUT2D eigenvalue weighted by molar-refractivity contribution is 6.03. The van der Waals surface area contributed by atoms with Gasteiger partial charge in [0.05, 0.1) is 13.7 Å². The van der Waals surface area contributed by atoms with E-state index in [1.807, 2.05) is 0 Å². The maximum atomic E-state index is 12.5. The lowest BCUT2D eigenvalue weighted by atomic mass is 10.0. The number of amides is 1. The average molecular weight is 414 g/mol. The molecule has 0 aliphatic heterocycles. The van der Waals surface area contributed by atoms with Crippen molar-refractivity contribution in [2.24, 2.45) is 0 Å². The third-order valence-corrected chi connectivity index (χ3v) is 3.88. The molecule has 29 heavy (non-hydrogen) atoms. The van der Waals surface area contributed by atoms with Crippen LogP contribution >= 0.6 is 0 Å². The molecule has 0 unspecified atom stereocenters. The Labute approximate surface area is 162 Å². The van der Waals surface area contributed by atoms with Crippen LogP contribution in [0.4, 0.5) is 13.2 Å². The van der Waals surface area contributed by atoms with Crippen LogP contribution in [0.2, 0.25) is 0 Å². The summed E-state index contributed by atoms with van der Waals surface area (Å²) in [6.45, 7) is 1.82.